The molecule has 1 aliphatic heterocycles. The van der Waals surface area contributed by atoms with Gasteiger partial charge in [-0.15, -0.1) is 0 Å². The van der Waals surface area contributed by atoms with Crippen LogP contribution in [-0.2, 0) is 0 Å². The molecule has 1 aliphatic rings. The smallest absolute Gasteiger partial charge is 0.162 e. The molecule has 11 aromatic rings. The molecule has 61 heavy (non-hydrogen) atoms. The summed E-state index contributed by atoms with van der Waals surface area (Å²) >= 11 is 1.83. The Morgan fingerprint density at radius 2 is 1.05 bits per heavy atom. The predicted octanol–water partition coefficient (Wildman–Crippen LogP) is 15.3. The second-order valence-corrected chi connectivity index (χ2v) is 16.5. The summed E-state index contributed by atoms with van der Waals surface area (Å²) in [5.74, 6) is 1.49. The van der Waals surface area contributed by atoms with Crippen molar-refractivity contribution in [2.24, 2.45) is 0 Å². The van der Waals surface area contributed by atoms with Gasteiger partial charge in [-0.1, -0.05) is 182 Å². The van der Waals surface area contributed by atoms with Gasteiger partial charge in [-0.25, -0.2) is 9.97 Å². The standard InChI is InChI=1S/C56H36N4S/c1-4-15-37(16-5-1)38-27-29-41(30-28-38)56-57-47(40-18-6-2-7-19-40)36-53(58-56)60-49-33-31-39-17-10-11-22-44(39)54(49)46-24-14-23-45(55(46)60)42-32-34-52-50(35-42)59(43-20-8-3-9-21-43)48-25-12-13-26-51(48)61-52/h1-36H. The van der Waals surface area contributed by atoms with Crippen molar-refractivity contribution in [1.82, 2.24) is 14.5 Å². The van der Waals surface area contributed by atoms with Gasteiger partial charge in [-0.2, -0.15) is 0 Å². The van der Waals surface area contributed by atoms with E-state index in [-0.39, 0.29) is 0 Å². The van der Waals surface area contributed by atoms with E-state index in [4.69, 9.17) is 9.97 Å². The summed E-state index contributed by atoms with van der Waals surface area (Å²) in [6.07, 6.45) is 0. The van der Waals surface area contributed by atoms with Gasteiger partial charge in [0, 0.05) is 49.0 Å². The summed E-state index contributed by atoms with van der Waals surface area (Å²) in [5, 5.41) is 4.80. The van der Waals surface area contributed by atoms with Crippen molar-refractivity contribution in [3.63, 3.8) is 0 Å². The first kappa shape index (κ1) is 35.2. The lowest BCUT2D eigenvalue weighted by Crippen LogP contribution is -2.14. The van der Waals surface area contributed by atoms with Crippen molar-refractivity contribution in [2.75, 3.05) is 4.90 Å². The van der Waals surface area contributed by atoms with Crippen LogP contribution in [0.15, 0.2) is 228 Å². The van der Waals surface area contributed by atoms with Crippen LogP contribution in [0, 0.1) is 0 Å². The molecule has 0 unspecified atom stereocenters. The van der Waals surface area contributed by atoms with Gasteiger partial charge in [0.05, 0.1) is 28.1 Å². The number of rotatable bonds is 6. The molecule has 2 aromatic heterocycles. The summed E-state index contributed by atoms with van der Waals surface area (Å²) in [7, 11) is 0. The van der Waals surface area contributed by atoms with Gasteiger partial charge in [-0.05, 0) is 69.9 Å². The van der Waals surface area contributed by atoms with E-state index in [0.717, 1.165) is 61.7 Å². The van der Waals surface area contributed by atoms with Crippen LogP contribution in [0.3, 0.4) is 0 Å². The van der Waals surface area contributed by atoms with Gasteiger partial charge in [0.1, 0.15) is 5.82 Å². The fraction of sp³-hybridized carbons (Fsp3) is 0. The lowest BCUT2D eigenvalue weighted by molar-refractivity contribution is 1.05. The largest absolute Gasteiger partial charge is 0.308 e. The molecule has 0 atom stereocenters. The second-order valence-electron chi connectivity index (χ2n) is 15.4. The van der Waals surface area contributed by atoms with E-state index >= 15 is 0 Å². The number of para-hydroxylation sites is 3. The third kappa shape index (κ3) is 6.01. The molecule has 0 saturated carbocycles. The monoisotopic (exact) mass is 796 g/mol. The van der Waals surface area contributed by atoms with Crippen molar-refractivity contribution in [2.45, 2.75) is 9.79 Å². The molecule has 3 heterocycles. The van der Waals surface area contributed by atoms with Crippen molar-refractivity contribution in [3.05, 3.63) is 218 Å². The van der Waals surface area contributed by atoms with Crippen molar-refractivity contribution < 1.29 is 0 Å². The average molecular weight is 797 g/mol. The maximum Gasteiger partial charge on any atom is 0.162 e. The Kier molecular flexibility index (Phi) is 8.39. The van der Waals surface area contributed by atoms with E-state index < -0.39 is 0 Å². The van der Waals surface area contributed by atoms with Crippen LogP contribution in [0.25, 0.3) is 83.3 Å². The summed E-state index contributed by atoms with van der Waals surface area (Å²) < 4.78 is 2.38. The van der Waals surface area contributed by atoms with Gasteiger partial charge in [0.2, 0.25) is 0 Å². The maximum absolute atomic E-state index is 5.48. The Morgan fingerprint density at radius 1 is 0.410 bits per heavy atom. The lowest BCUT2D eigenvalue weighted by atomic mass is 9.99. The van der Waals surface area contributed by atoms with Gasteiger partial charge in [-0.3, -0.25) is 4.57 Å². The fourth-order valence-electron chi connectivity index (χ4n) is 8.96. The highest BCUT2D eigenvalue weighted by atomic mass is 32.2. The van der Waals surface area contributed by atoms with E-state index in [0.29, 0.717) is 5.82 Å². The van der Waals surface area contributed by atoms with Crippen molar-refractivity contribution in [3.8, 4) is 50.7 Å². The number of benzene rings is 9. The molecule has 9 aromatic carbocycles. The molecule has 0 spiro atoms. The third-order valence-corrected chi connectivity index (χ3v) is 12.9. The van der Waals surface area contributed by atoms with Gasteiger partial charge in [0.25, 0.3) is 0 Å². The highest BCUT2D eigenvalue weighted by Gasteiger charge is 2.27. The van der Waals surface area contributed by atoms with Gasteiger partial charge in [0.15, 0.2) is 5.82 Å². The topological polar surface area (TPSA) is 34.0 Å². The highest BCUT2D eigenvalue weighted by Crippen LogP contribution is 2.53. The molecule has 0 fully saturated rings. The summed E-state index contributed by atoms with van der Waals surface area (Å²) in [6.45, 7) is 0. The molecular weight excluding hydrogens is 761 g/mol. The highest BCUT2D eigenvalue weighted by molar-refractivity contribution is 7.99. The zero-order chi connectivity index (χ0) is 40.3. The first-order chi connectivity index (χ1) is 30.2. The Morgan fingerprint density at radius 3 is 1.87 bits per heavy atom. The van der Waals surface area contributed by atoms with Gasteiger partial charge >= 0.3 is 0 Å². The molecule has 0 aliphatic carbocycles. The zero-order valence-electron chi connectivity index (χ0n) is 33.0. The minimum absolute atomic E-state index is 0.673. The summed E-state index contributed by atoms with van der Waals surface area (Å²) in [5.41, 5.74) is 13.1. The van der Waals surface area contributed by atoms with Crippen LogP contribution >= 0.6 is 11.8 Å². The molecule has 0 N–H and O–H groups in total. The molecule has 286 valence electrons. The molecule has 0 saturated heterocycles. The minimum Gasteiger partial charge on any atom is -0.308 e. The number of aromatic nitrogens is 3. The van der Waals surface area contributed by atoms with Crippen LogP contribution in [0.5, 0.6) is 0 Å². The Bertz CT molecular complexity index is 3430. The number of hydrogen-bond donors (Lipinski definition) is 0. The van der Waals surface area contributed by atoms with E-state index in [1.807, 2.05) is 23.9 Å². The average Bonchev–Trinajstić information content (AvgIpc) is 3.69. The summed E-state index contributed by atoms with van der Waals surface area (Å²) in [6, 6.07) is 78.0. The molecular formula is C56H36N4S. The van der Waals surface area contributed by atoms with E-state index in [9.17, 15) is 0 Å². The van der Waals surface area contributed by atoms with Crippen molar-refractivity contribution in [1.29, 1.82) is 0 Å². The SMILES string of the molecule is c1ccc(-c2ccc(-c3nc(-c4ccccc4)cc(-n4c5ccc6ccccc6c5c5cccc(-c6ccc7c(c6)N(c6ccccc6)c6ccccc6S7)c54)n3)cc2)cc1. The molecule has 0 amide bonds. The first-order valence-corrected chi connectivity index (χ1v) is 21.4. The number of nitrogens with zero attached hydrogens (tertiary/aromatic N) is 4. The Labute approximate surface area is 358 Å². The van der Waals surface area contributed by atoms with Crippen LogP contribution in [-0.4, -0.2) is 14.5 Å². The van der Waals surface area contributed by atoms with Crippen LogP contribution in [0.1, 0.15) is 0 Å². The molecule has 5 heteroatoms. The van der Waals surface area contributed by atoms with E-state index in [2.05, 4.69) is 216 Å². The quantitative estimate of drug-likeness (QED) is 0.168. The number of hydrogen-bond acceptors (Lipinski definition) is 4. The zero-order valence-corrected chi connectivity index (χ0v) is 33.8. The Balaban J connectivity index is 1.12. The van der Waals surface area contributed by atoms with Crippen LogP contribution < -0.4 is 4.90 Å². The fourth-order valence-corrected chi connectivity index (χ4v) is 10.0. The van der Waals surface area contributed by atoms with Crippen LogP contribution in [0.2, 0.25) is 0 Å². The molecule has 12 rings (SSSR count). The van der Waals surface area contributed by atoms with Crippen LogP contribution in [0.4, 0.5) is 17.1 Å². The summed E-state index contributed by atoms with van der Waals surface area (Å²) in [4.78, 5) is 15.6. The third-order valence-electron chi connectivity index (χ3n) is 11.8. The molecule has 4 nitrogen and oxygen atoms in total. The Hall–Kier alpha value is -7.73. The number of anilines is 3. The normalized spacial score (nSPS) is 12.2. The van der Waals surface area contributed by atoms with E-state index in [1.165, 1.54) is 42.6 Å². The van der Waals surface area contributed by atoms with E-state index in [1.54, 1.807) is 0 Å². The second kappa shape index (κ2) is 14.5. The molecule has 0 radical (unpaired) electrons. The van der Waals surface area contributed by atoms with Gasteiger partial charge < -0.3 is 4.90 Å². The lowest BCUT2D eigenvalue weighted by Gasteiger charge is -2.33. The predicted molar refractivity (Wildman–Crippen MR) is 254 cm³/mol. The molecule has 0 bridgehead atoms. The minimum atomic E-state index is 0.673. The maximum atomic E-state index is 5.48. The van der Waals surface area contributed by atoms with Crippen molar-refractivity contribution >= 4 is 61.4 Å². The number of fused-ring (bicyclic) bond motifs is 7. The first-order valence-electron chi connectivity index (χ1n) is 20.6.